The van der Waals surface area contributed by atoms with Gasteiger partial charge in [0.2, 0.25) is 15.9 Å². The monoisotopic (exact) mass is 431 g/mol. The molecule has 0 bridgehead atoms. The highest BCUT2D eigenvalue weighted by Gasteiger charge is 2.28. The smallest absolute Gasteiger partial charge is 0.240 e. The molecule has 0 aliphatic heterocycles. The second-order valence-corrected chi connectivity index (χ2v) is 8.80. The summed E-state index contributed by atoms with van der Waals surface area (Å²) in [4.78, 5) is 16.4. The topological polar surface area (TPSA) is 120 Å². The van der Waals surface area contributed by atoms with E-state index in [1.54, 1.807) is 30.3 Å². The van der Waals surface area contributed by atoms with E-state index in [0.29, 0.717) is 28.0 Å². The second-order valence-electron chi connectivity index (χ2n) is 6.87. The summed E-state index contributed by atoms with van der Waals surface area (Å²) >= 11 is 6.08. The number of anilines is 1. The van der Waals surface area contributed by atoms with Gasteiger partial charge in [-0.3, -0.25) is 4.79 Å². The van der Waals surface area contributed by atoms with E-state index in [2.05, 4.69) is 15.4 Å². The Morgan fingerprint density at radius 1 is 1.24 bits per heavy atom. The number of nitrogens with one attached hydrogen (secondary N) is 1. The number of hydrogen-bond acceptors (Lipinski definition) is 5. The standard InChI is InChI=1S/C19H18ClN5O3S/c20-15-4-2-1-3-13(15)9-18(26)23-14-7-8-16(17(10-14)29(21,27)28)25-11-22-19(24-25)12-5-6-12/h1-4,7-8,10-12H,5-6,9H2,(H,23,26)(H2,21,27,28). The quantitative estimate of drug-likeness (QED) is 0.621. The van der Waals surface area contributed by atoms with Crippen LogP contribution >= 0.6 is 11.6 Å². The van der Waals surface area contributed by atoms with Crippen molar-refractivity contribution in [3.8, 4) is 5.69 Å². The number of rotatable bonds is 6. The minimum atomic E-state index is -4.06. The predicted molar refractivity (Wildman–Crippen MR) is 108 cm³/mol. The summed E-state index contributed by atoms with van der Waals surface area (Å²) in [6.07, 6.45) is 3.58. The average Bonchev–Trinajstić information content (AvgIpc) is 3.40. The number of sulfonamides is 1. The maximum Gasteiger partial charge on any atom is 0.240 e. The van der Waals surface area contributed by atoms with E-state index in [1.807, 2.05) is 0 Å². The molecular weight excluding hydrogens is 414 g/mol. The lowest BCUT2D eigenvalue weighted by Gasteiger charge is -2.11. The lowest BCUT2D eigenvalue weighted by atomic mass is 10.1. The van der Waals surface area contributed by atoms with Crippen molar-refractivity contribution in [3.63, 3.8) is 0 Å². The first-order chi connectivity index (χ1) is 13.8. The summed E-state index contributed by atoms with van der Waals surface area (Å²) in [5.41, 5.74) is 1.25. The minimum Gasteiger partial charge on any atom is -0.326 e. The Morgan fingerprint density at radius 2 is 2.00 bits per heavy atom. The molecule has 10 heteroatoms. The summed E-state index contributed by atoms with van der Waals surface area (Å²) < 4.78 is 25.7. The number of benzene rings is 2. The van der Waals surface area contributed by atoms with E-state index in [-0.39, 0.29) is 22.9 Å². The molecule has 0 atom stereocenters. The normalized spacial score (nSPS) is 14.0. The van der Waals surface area contributed by atoms with Gasteiger partial charge in [-0.25, -0.2) is 23.2 Å². The summed E-state index contributed by atoms with van der Waals surface area (Å²) in [5.74, 6) is 0.683. The first-order valence-corrected chi connectivity index (χ1v) is 10.9. The predicted octanol–water partition coefficient (Wildman–Crippen LogP) is 2.63. The Bertz CT molecular complexity index is 1190. The van der Waals surface area contributed by atoms with Gasteiger partial charge in [-0.1, -0.05) is 29.8 Å². The van der Waals surface area contributed by atoms with E-state index in [1.165, 1.54) is 23.1 Å². The molecule has 1 fully saturated rings. The van der Waals surface area contributed by atoms with Crippen molar-refractivity contribution in [2.24, 2.45) is 5.14 Å². The molecule has 0 saturated heterocycles. The number of nitrogens with zero attached hydrogens (tertiary/aromatic N) is 3. The molecule has 29 heavy (non-hydrogen) atoms. The molecule has 3 N–H and O–H groups in total. The van der Waals surface area contributed by atoms with Crippen LogP contribution in [0.5, 0.6) is 0 Å². The number of hydrogen-bond donors (Lipinski definition) is 2. The van der Waals surface area contributed by atoms with Crippen molar-refractivity contribution in [1.82, 2.24) is 14.8 Å². The van der Waals surface area contributed by atoms with Crippen LogP contribution in [0, 0.1) is 0 Å². The zero-order valence-corrected chi connectivity index (χ0v) is 16.8. The maximum atomic E-state index is 12.4. The fraction of sp³-hybridized carbons (Fsp3) is 0.211. The third-order valence-electron chi connectivity index (χ3n) is 4.56. The van der Waals surface area contributed by atoms with Crippen molar-refractivity contribution in [1.29, 1.82) is 0 Å². The summed E-state index contributed by atoms with van der Waals surface area (Å²) in [7, 11) is -4.06. The lowest BCUT2D eigenvalue weighted by Crippen LogP contribution is -2.18. The number of halogens is 1. The van der Waals surface area contributed by atoms with Crippen molar-refractivity contribution in [3.05, 3.63) is 65.2 Å². The van der Waals surface area contributed by atoms with E-state index >= 15 is 0 Å². The summed E-state index contributed by atoms with van der Waals surface area (Å²) in [6.45, 7) is 0. The molecule has 2 aromatic carbocycles. The SMILES string of the molecule is NS(=O)(=O)c1cc(NC(=O)Cc2ccccc2Cl)ccc1-n1cnc(C2CC2)n1. The zero-order chi connectivity index (χ0) is 20.6. The Kier molecular flexibility index (Phi) is 5.12. The lowest BCUT2D eigenvalue weighted by molar-refractivity contribution is -0.115. The van der Waals surface area contributed by atoms with Crippen molar-refractivity contribution < 1.29 is 13.2 Å². The Morgan fingerprint density at radius 3 is 2.69 bits per heavy atom. The van der Waals surface area contributed by atoms with Gasteiger partial charge in [0, 0.05) is 16.6 Å². The van der Waals surface area contributed by atoms with Crippen LogP contribution in [0.15, 0.2) is 53.7 Å². The molecule has 1 aliphatic rings. The average molecular weight is 432 g/mol. The Hall–Kier alpha value is -2.75. The van der Waals surface area contributed by atoms with Crippen molar-refractivity contribution in [2.75, 3.05) is 5.32 Å². The fourth-order valence-electron chi connectivity index (χ4n) is 2.95. The largest absolute Gasteiger partial charge is 0.326 e. The van der Waals surface area contributed by atoms with Gasteiger partial charge in [0.15, 0.2) is 5.82 Å². The van der Waals surface area contributed by atoms with Gasteiger partial charge in [-0.2, -0.15) is 5.10 Å². The number of carbonyl (C=O) groups excluding carboxylic acids is 1. The van der Waals surface area contributed by atoms with Crippen LogP contribution in [0.2, 0.25) is 5.02 Å². The molecule has 3 aromatic rings. The van der Waals surface area contributed by atoms with Gasteiger partial charge < -0.3 is 5.32 Å². The highest BCUT2D eigenvalue weighted by molar-refractivity contribution is 7.89. The molecule has 0 radical (unpaired) electrons. The molecule has 150 valence electrons. The number of amides is 1. The highest BCUT2D eigenvalue weighted by atomic mass is 35.5. The molecular formula is C19H18ClN5O3S. The van der Waals surface area contributed by atoms with Gasteiger partial charge in [0.1, 0.15) is 11.2 Å². The minimum absolute atomic E-state index is 0.0555. The number of aromatic nitrogens is 3. The first kappa shape index (κ1) is 19.6. The zero-order valence-electron chi connectivity index (χ0n) is 15.2. The first-order valence-electron chi connectivity index (χ1n) is 8.93. The van der Waals surface area contributed by atoms with Gasteiger partial charge >= 0.3 is 0 Å². The highest BCUT2D eigenvalue weighted by Crippen LogP contribution is 2.38. The molecule has 1 aliphatic carbocycles. The van der Waals surface area contributed by atoms with Crippen LogP contribution < -0.4 is 10.5 Å². The Labute approximate surface area is 172 Å². The Balaban J connectivity index is 1.60. The molecule has 8 nitrogen and oxygen atoms in total. The summed E-state index contributed by atoms with van der Waals surface area (Å²) in [5, 5.41) is 12.9. The van der Waals surface area contributed by atoms with Crippen LogP contribution in [0.25, 0.3) is 5.69 Å². The van der Waals surface area contributed by atoms with Gasteiger partial charge in [0.25, 0.3) is 0 Å². The molecule has 1 amide bonds. The van der Waals surface area contributed by atoms with Crippen LogP contribution in [0.1, 0.15) is 30.1 Å². The summed E-state index contributed by atoms with van der Waals surface area (Å²) in [6, 6.07) is 11.5. The number of nitrogens with two attached hydrogens (primary N) is 1. The molecule has 1 saturated carbocycles. The van der Waals surface area contributed by atoms with E-state index in [9.17, 15) is 13.2 Å². The van der Waals surface area contributed by atoms with Gasteiger partial charge in [-0.05, 0) is 42.7 Å². The van der Waals surface area contributed by atoms with E-state index in [4.69, 9.17) is 16.7 Å². The fourth-order valence-corrected chi connectivity index (χ4v) is 3.90. The molecule has 4 rings (SSSR count). The van der Waals surface area contributed by atoms with Gasteiger partial charge in [-0.15, -0.1) is 0 Å². The van der Waals surface area contributed by atoms with Crippen LogP contribution in [-0.4, -0.2) is 29.1 Å². The van der Waals surface area contributed by atoms with E-state index < -0.39 is 10.0 Å². The van der Waals surface area contributed by atoms with Crippen LogP contribution in [0.4, 0.5) is 5.69 Å². The van der Waals surface area contributed by atoms with Crippen LogP contribution in [-0.2, 0) is 21.2 Å². The number of primary sulfonamides is 1. The van der Waals surface area contributed by atoms with E-state index in [0.717, 1.165) is 12.8 Å². The molecule has 0 unspecified atom stereocenters. The molecule has 1 aromatic heterocycles. The van der Waals surface area contributed by atoms with Gasteiger partial charge in [0.05, 0.1) is 12.1 Å². The van der Waals surface area contributed by atoms with Crippen molar-refractivity contribution >= 4 is 33.2 Å². The third-order valence-corrected chi connectivity index (χ3v) is 5.87. The molecule has 1 heterocycles. The van der Waals surface area contributed by atoms with Crippen LogP contribution in [0.3, 0.4) is 0 Å². The van der Waals surface area contributed by atoms with Crippen molar-refractivity contribution in [2.45, 2.75) is 30.1 Å². The molecule has 0 spiro atoms. The second kappa shape index (κ2) is 7.58. The maximum absolute atomic E-state index is 12.4. The number of carbonyl (C=O) groups is 1. The third kappa shape index (κ3) is 4.47.